The molecule has 0 amide bonds. The summed E-state index contributed by atoms with van der Waals surface area (Å²) >= 11 is 24.9. The summed E-state index contributed by atoms with van der Waals surface area (Å²) in [5, 5.41) is 0. The van der Waals surface area contributed by atoms with E-state index in [1.165, 1.54) is 38.5 Å². The van der Waals surface area contributed by atoms with E-state index in [-0.39, 0.29) is 35.2 Å². The summed E-state index contributed by atoms with van der Waals surface area (Å²) in [6.07, 6.45) is 18.9. The van der Waals surface area contributed by atoms with Crippen LogP contribution in [-0.2, 0) is 19.1 Å². The molecule has 0 bridgehead atoms. The third-order valence-electron chi connectivity index (χ3n) is 10.5. The quantitative estimate of drug-likeness (QED) is 0.140. The molecule has 4 fully saturated rings. The van der Waals surface area contributed by atoms with Crippen LogP contribution >= 0.6 is 46.4 Å². The van der Waals surface area contributed by atoms with Gasteiger partial charge in [-0.15, -0.1) is 0 Å². The summed E-state index contributed by atoms with van der Waals surface area (Å²) in [6.45, 7) is 4.32. The first-order valence-corrected chi connectivity index (χ1v) is 17.4. The van der Waals surface area contributed by atoms with Crippen molar-refractivity contribution in [2.45, 2.75) is 137 Å². The fourth-order valence-electron chi connectivity index (χ4n) is 8.07. The van der Waals surface area contributed by atoms with Gasteiger partial charge in [0.2, 0.25) is 0 Å². The van der Waals surface area contributed by atoms with Crippen molar-refractivity contribution in [3.05, 3.63) is 0 Å². The fourth-order valence-corrected chi connectivity index (χ4v) is 9.96. The predicted molar refractivity (Wildman–Crippen MR) is 167 cm³/mol. The molecule has 0 aromatic heterocycles. The summed E-state index contributed by atoms with van der Waals surface area (Å²) in [4.78, 5) is 23.8. The second kappa shape index (κ2) is 15.9. The Balaban J connectivity index is 0.000000220. The molecule has 4 saturated carbocycles. The first-order valence-electron chi connectivity index (χ1n) is 15.9. The van der Waals surface area contributed by atoms with E-state index >= 15 is 0 Å². The largest absolute Gasteiger partial charge is 0.381 e. The average molecular weight is 643 g/mol. The van der Waals surface area contributed by atoms with Gasteiger partial charge >= 0.3 is 0 Å². The minimum Gasteiger partial charge on any atom is -0.381 e. The number of rotatable bonds is 14. The zero-order valence-electron chi connectivity index (χ0n) is 25.1. The van der Waals surface area contributed by atoms with E-state index in [1.54, 1.807) is 14.2 Å². The molecule has 40 heavy (non-hydrogen) atoms. The number of methoxy groups -OCH3 is 2. The first-order chi connectivity index (χ1) is 19.0. The van der Waals surface area contributed by atoms with Crippen molar-refractivity contribution < 1.29 is 19.1 Å². The van der Waals surface area contributed by atoms with Gasteiger partial charge in [-0.05, 0) is 50.4 Å². The zero-order valence-corrected chi connectivity index (χ0v) is 28.1. The van der Waals surface area contributed by atoms with Gasteiger partial charge in [-0.25, -0.2) is 0 Å². The lowest BCUT2D eigenvalue weighted by atomic mass is 9.58. The lowest BCUT2D eigenvalue weighted by molar-refractivity contribution is -0.142. The molecule has 0 N–H and O–H groups in total. The van der Waals surface area contributed by atoms with E-state index in [2.05, 4.69) is 13.8 Å². The standard InChI is InChI=1S/2C16H26Cl2O2/c2*1-3-12(20-2)9-5-4-7-11-8-6-10-13-14(11)16(17,18)15(13)19/h2*11-14H,3-10H2,1-2H3. The molecule has 0 spiro atoms. The third kappa shape index (κ3) is 7.92. The normalized spacial score (nSPS) is 33.4. The lowest BCUT2D eigenvalue weighted by Gasteiger charge is -2.52. The van der Waals surface area contributed by atoms with Gasteiger partial charge in [-0.2, -0.15) is 0 Å². The second-order valence-corrected chi connectivity index (χ2v) is 15.5. The molecule has 8 atom stereocenters. The molecule has 0 aromatic rings. The first kappa shape index (κ1) is 34.9. The molecule has 0 aromatic carbocycles. The second-order valence-electron chi connectivity index (χ2n) is 12.7. The zero-order chi connectivity index (χ0) is 29.5. The monoisotopic (exact) mass is 640 g/mol. The van der Waals surface area contributed by atoms with Gasteiger partial charge < -0.3 is 9.47 Å². The topological polar surface area (TPSA) is 52.6 Å². The Hall–Kier alpha value is 0.420. The molecule has 4 aliphatic carbocycles. The number of halogens is 4. The molecule has 8 unspecified atom stereocenters. The van der Waals surface area contributed by atoms with Gasteiger partial charge in [-0.3, -0.25) is 9.59 Å². The smallest absolute Gasteiger partial charge is 0.179 e. The summed E-state index contributed by atoms with van der Waals surface area (Å²) < 4.78 is 8.62. The number of unbranched alkanes of at least 4 members (excludes halogenated alkanes) is 2. The Labute approximate surface area is 263 Å². The van der Waals surface area contributed by atoms with Crippen LogP contribution in [0, 0.1) is 35.5 Å². The number of carbonyl (C=O) groups excluding carboxylic acids is 2. The van der Waals surface area contributed by atoms with Crippen molar-refractivity contribution in [2.24, 2.45) is 35.5 Å². The predicted octanol–water partition coefficient (Wildman–Crippen LogP) is 9.52. The van der Waals surface area contributed by atoms with E-state index in [4.69, 9.17) is 55.9 Å². The van der Waals surface area contributed by atoms with Gasteiger partial charge in [-0.1, -0.05) is 124 Å². The van der Waals surface area contributed by atoms with Crippen LogP contribution in [0.4, 0.5) is 0 Å². The molecular formula is C32H52Cl4O4. The number of hydrogen-bond acceptors (Lipinski definition) is 4. The van der Waals surface area contributed by atoms with Crippen LogP contribution in [0.25, 0.3) is 0 Å². The molecule has 0 aliphatic heterocycles. The number of ether oxygens (including phenoxy) is 2. The van der Waals surface area contributed by atoms with E-state index in [1.807, 2.05) is 0 Å². The summed E-state index contributed by atoms with van der Waals surface area (Å²) in [5.74, 6) is 1.90. The fraction of sp³-hybridized carbons (Fsp3) is 0.938. The van der Waals surface area contributed by atoms with Gasteiger partial charge in [0.05, 0.1) is 12.2 Å². The maximum Gasteiger partial charge on any atom is 0.179 e. The molecule has 0 heterocycles. The van der Waals surface area contributed by atoms with Crippen LogP contribution in [0.1, 0.15) is 117 Å². The SMILES string of the molecule is CCC(CCCCC1CCCC2C(=O)C(Cl)(Cl)C12)OC.CCC(CCCCC1CCCC2C(=O)C(Cl)(Cl)C12)OC. The van der Waals surface area contributed by atoms with Gasteiger partial charge in [0.1, 0.15) is 0 Å². The Morgan fingerprint density at radius 1 is 0.675 bits per heavy atom. The van der Waals surface area contributed by atoms with Crippen LogP contribution in [-0.4, -0.2) is 46.7 Å². The number of ketones is 2. The van der Waals surface area contributed by atoms with Crippen molar-refractivity contribution in [2.75, 3.05) is 14.2 Å². The van der Waals surface area contributed by atoms with E-state index in [0.717, 1.165) is 64.2 Å². The van der Waals surface area contributed by atoms with Crippen LogP contribution in [0.15, 0.2) is 0 Å². The van der Waals surface area contributed by atoms with Crippen molar-refractivity contribution in [1.82, 2.24) is 0 Å². The van der Waals surface area contributed by atoms with Crippen molar-refractivity contribution in [3.8, 4) is 0 Å². The van der Waals surface area contributed by atoms with Gasteiger partial charge in [0.15, 0.2) is 20.2 Å². The molecule has 4 aliphatic rings. The molecule has 232 valence electrons. The Morgan fingerprint density at radius 2 is 1.05 bits per heavy atom. The van der Waals surface area contributed by atoms with E-state index in [0.29, 0.717) is 24.0 Å². The van der Waals surface area contributed by atoms with Crippen molar-refractivity contribution >= 4 is 58.0 Å². The molecule has 0 saturated heterocycles. The maximum absolute atomic E-state index is 11.9. The van der Waals surface area contributed by atoms with E-state index in [9.17, 15) is 9.59 Å². The summed E-state index contributed by atoms with van der Waals surface area (Å²) in [5.41, 5.74) is 0. The van der Waals surface area contributed by atoms with Crippen LogP contribution in [0.5, 0.6) is 0 Å². The number of carbonyl (C=O) groups is 2. The highest BCUT2D eigenvalue weighted by Crippen LogP contribution is 2.59. The highest BCUT2D eigenvalue weighted by molar-refractivity contribution is 6.61. The molecule has 0 radical (unpaired) electrons. The van der Waals surface area contributed by atoms with Crippen LogP contribution < -0.4 is 0 Å². The maximum atomic E-state index is 11.9. The summed E-state index contributed by atoms with van der Waals surface area (Å²) in [6, 6.07) is 0. The molecule has 4 rings (SSSR count). The number of alkyl halides is 4. The lowest BCUT2D eigenvalue weighted by Crippen LogP contribution is -2.60. The Morgan fingerprint density at radius 3 is 1.38 bits per heavy atom. The minimum absolute atomic E-state index is 0.0703. The molecule has 8 heteroatoms. The minimum atomic E-state index is -1.09. The third-order valence-corrected chi connectivity index (χ3v) is 12.3. The van der Waals surface area contributed by atoms with Crippen molar-refractivity contribution in [1.29, 1.82) is 0 Å². The van der Waals surface area contributed by atoms with Gasteiger partial charge in [0.25, 0.3) is 0 Å². The Bertz CT molecular complexity index is 745. The van der Waals surface area contributed by atoms with E-state index < -0.39 is 8.67 Å². The average Bonchev–Trinajstić information content (AvgIpc) is 2.96. The number of hydrogen-bond donors (Lipinski definition) is 0. The number of fused-ring (bicyclic) bond motifs is 2. The Kier molecular flexibility index (Phi) is 13.9. The van der Waals surface area contributed by atoms with Crippen LogP contribution in [0.2, 0.25) is 0 Å². The van der Waals surface area contributed by atoms with Crippen LogP contribution in [0.3, 0.4) is 0 Å². The number of Topliss-reactive ketones (excluding diaryl/α,β-unsaturated/α-hetero) is 2. The highest BCUT2D eigenvalue weighted by atomic mass is 35.5. The molecular weight excluding hydrogens is 590 g/mol. The van der Waals surface area contributed by atoms with Crippen molar-refractivity contribution in [3.63, 3.8) is 0 Å². The highest BCUT2D eigenvalue weighted by Gasteiger charge is 2.64. The van der Waals surface area contributed by atoms with Gasteiger partial charge in [0, 0.05) is 37.9 Å². The summed E-state index contributed by atoms with van der Waals surface area (Å²) in [7, 11) is 3.57. The molecule has 4 nitrogen and oxygen atoms in total.